The molecule has 2 N–H and O–H groups in total. The zero-order chi connectivity index (χ0) is 12.7. The predicted molar refractivity (Wildman–Crippen MR) is 75.9 cm³/mol. The lowest BCUT2D eigenvalue weighted by atomic mass is 10.2. The summed E-state index contributed by atoms with van der Waals surface area (Å²) in [6.07, 6.45) is 1.16. The average molecular weight is 275 g/mol. The van der Waals surface area contributed by atoms with Gasteiger partial charge in [-0.1, -0.05) is 36.2 Å². The molecule has 0 saturated heterocycles. The minimum atomic E-state index is 0.424. The van der Waals surface area contributed by atoms with Gasteiger partial charge in [-0.05, 0) is 37.6 Å². The minimum Gasteiger partial charge on any atom is -0.315 e. The highest BCUT2D eigenvalue weighted by molar-refractivity contribution is 6.35. The highest BCUT2D eigenvalue weighted by atomic mass is 35.5. The van der Waals surface area contributed by atoms with Crippen LogP contribution in [0.2, 0.25) is 10.0 Å². The van der Waals surface area contributed by atoms with Crippen LogP contribution in [0.3, 0.4) is 0 Å². The van der Waals surface area contributed by atoms with Gasteiger partial charge < -0.3 is 10.6 Å². The second-order valence-electron chi connectivity index (χ2n) is 4.22. The van der Waals surface area contributed by atoms with E-state index in [1.165, 1.54) is 0 Å². The Morgan fingerprint density at radius 3 is 2.71 bits per heavy atom. The zero-order valence-corrected chi connectivity index (χ0v) is 11.9. The summed E-state index contributed by atoms with van der Waals surface area (Å²) in [4.78, 5) is 0. The minimum absolute atomic E-state index is 0.424. The molecule has 4 heteroatoms. The molecule has 1 unspecified atom stereocenters. The number of halogens is 2. The normalized spacial score (nSPS) is 12.7. The van der Waals surface area contributed by atoms with Gasteiger partial charge in [0.15, 0.2) is 0 Å². The highest BCUT2D eigenvalue weighted by Crippen LogP contribution is 2.20. The van der Waals surface area contributed by atoms with Crippen molar-refractivity contribution in [3.8, 4) is 0 Å². The molecule has 1 atom stereocenters. The van der Waals surface area contributed by atoms with E-state index in [1.54, 1.807) is 6.07 Å². The van der Waals surface area contributed by atoms with Gasteiger partial charge in [0.1, 0.15) is 0 Å². The van der Waals surface area contributed by atoms with E-state index >= 15 is 0 Å². The Hall–Kier alpha value is -0.280. The Morgan fingerprint density at radius 1 is 1.29 bits per heavy atom. The molecule has 96 valence electrons. The Morgan fingerprint density at radius 2 is 2.06 bits per heavy atom. The second-order valence-corrected chi connectivity index (χ2v) is 5.07. The lowest BCUT2D eigenvalue weighted by molar-refractivity contribution is 0.501. The molecule has 1 aromatic carbocycles. The standard InChI is InChI=1S/C13H20Cl2N2/c1-3-6-16-8-10(2)17-9-11-4-5-12(14)7-13(11)15/h4-5,7,10,16-17H,3,6,8-9H2,1-2H3. The molecule has 2 nitrogen and oxygen atoms in total. The van der Waals surface area contributed by atoms with Crippen LogP contribution in [0, 0.1) is 0 Å². The molecule has 0 fully saturated rings. The van der Waals surface area contributed by atoms with Crippen molar-refractivity contribution in [2.24, 2.45) is 0 Å². The molecule has 0 aliphatic heterocycles. The summed E-state index contributed by atoms with van der Waals surface area (Å²) in [5.74, 6) is 0. The van der Waals surface area contributed by atoms with Crippen molar-refractivity contribution in [1.82, 2.24) is 10.6 Å². The van der Waals surface area contributed by atoms with Crippen molar-refractivity contribution in [3.05, 3.63) is 33.8 Å². The fourth-order valence-corrected chi connectivity index (χ4v) is 1.99. The van der Waals surface area contributed by atoms with Gasteiger partial charge in [0.2, 0.25) is 0 Å². The first-order valence-corrected chi connectivity index (χ1v) is 6.77. The van der Waals surface area contributed by atoms with Crippen molar-refractivity contribution in [1.29, 1.82) is 0 Å². The van der Waals surface area contributed by atoms with Gasteiger partial charge in [0, 0.05) is 29.2 Å². The van der Waals surface area contributed by atoms with Gasteiger partial charge in [-0.2, -0.15) is 0 Å². The molecule has 0 aromatic heterocycles. The molecule has 0 aliphatic rings. The predicted octanol–water partition coefficient (Wildman–Crippen LogP) is 3.47. The topological polar surface area (TPSA) is 24.1 Å². The number of nitrogens with one attached hydrogen (secondary N) is 2. The van der Waals surface area contributed by atoms with E-state index in [1.807, 2.05) is 12.1 Å². The lowest BCUT2D eigenvalue weighted by Gasteiger charge is -2.15. The van der Waals surface area contributed by atoms with E-state index in [0.717, 1.165) is 36.6 Å². The van der Waals surface area contributed by atoms with Crippen LogP contribution in [0.25, 0.3) is 0 Å². The van der Waals surface area contributed by atoms with Crippen LogP contribution in [-0.4, -0.2) is 19.1 Å². The Bertz CT molecular complexity index is 342. The average Bonchev–Trinajstić information content (AvgIpc) is 2.28. The van der Waals surface area contributed by atoms with E-state index < -0.39 is 0 Å². The van der Waals surface area contributed by atoms with Gasteiger partial charge in [-0.25, -0.2) is 0 Å². The summed E-state index contributed by atoms with van der Waals surface area (Å²) in [6, 6.07) is 6.03. The van der Waals surface area contributed by atoms with Gasteiger partial charge in [0.25, 0.3) is 0 Å². The second kappa shape index (κ2) is 7.93. The molecule has 0 bridgehead atoms. The smallest absolute Gasteiger partial charge is 0.0465 e. The van der Waals surface area contributed by atoms with Gasteiger partial charge >= 0.3 is 0 Å². The number of benzene rings is 1. The van der Waals surface area contributed by atoms with Crippen molar-refractivity contribution >= 4 is 23.2 Å². The lowest BCUT2D eigenvalue weighted by Crippen LogP contribution is -2.36. The van der Waals surface area contributed by atoms with Crippen LogP contribution in [0.5, 0.6) is 0 Å². The third-order valence-electron chi connectivity index (χ3n) is 2.53. The third kappa shape index (κ3) is 5.73. The van der Waals surface area contributed by atoms with E-state index in [4.69, 9.17) is 23.2 Å². The number of rotatable bonds is 7. The van der Waals surface area contributed by atoms with E-state index in [-0.39, 0.29) is 0 Å². The fraction of sp³-hybridized carbons (Fsp3) is 0.538. The summed E-state index contributed by atoms with van der Waals surface area (Å²) in [5.41, 5.74) is 1.08. The van der Waals surface area contributed by atoms with Crippen molar-refractivity contribution in [2.75, 3.05) is 13.1 Å². The number of hydrogen-bond acceptors (Lipinski definition) is 2. The van der Waals surface area contributed by atoms with Gasteiger partial charge in [-0.15, -0.1) is 0 Å². The monoisotopic (exact) mass is 274 g/mol. The Balaban J connectivity index is 2.34. The molecular formula is C13H20Cl2N2. The Labute approximate surface area is 114 Å². The molecule has 0 spiro atoms. The van der Waals surface area contributed by atoms with Crippen molar-refractivity contribution in [3.63, 3.8) is 0 Å². The summed E-state index contributed by atoms with van der Waals surface area (Å²) in [5, 5.41) is 8.20. The summed E-state index contributed by atoms with van der Waals surface area (Å²) in [7, 11) is 0. The van der Waals surface area contributed by atoms with Crippen LogP contribution in [-0.2, 0) is 6.54 Å². The van der Waals surface area contributed by atoms with Crippen LogP contribution in [0.15, 0.2) is 18.2 Å². The van der Waals surface area contributed by atoms with Crippen LogP contribution in [0.1, 0.15) is 25.8 Å². The summed E-state index contributed by atoms with van der Waals surface area (Å²) in [6.45, 7) is 7.13. The van der Waals surface area contributed by atoms with Crippen molar-refractivity contribution in [2.45, 2.75) is 32.9 Å². The molecular weight excluding hydrogens is 255 g/mol. The van der Waals surface area contributed by atoms with E-state index in [9.17, 15) is 0 Å². The molecule has 0 heterocycles. The maximum absolute atomic E-state index is 6.10. The molecule has 0 aliphatic carbocycles. The first kappa shape index (κ1) is 14.8. The maximum Gasteiger partial charge on any atom is 0.0465 e. The molecule has 0 amide bonds. The highest BCUT2D eigenvalue weighted by Gasteiger charge is 2.04. The van der Waals surface area contributed by atoms with Gasteiger partial charge in [0.05, 0.1) is 0 Å². The molecule has 1 rings (SSSR count). The molecule has 1 aromatic rings. The fourth-order valence-electron chi connectivity index (χ4n) is 1.52. The zero-order valence-electron chi connectivity index (χ0n) is 10.4. The van der Waals surface area contributed by atoms with Crippen LogP contribution in [0.4, 0.5) is 0 Å². The van der Waals surface area contributed by atoms with Crippen LogP contribution >= 0.6 is 23.2 Å². The SMILES string of the molecule is CCCNCC(C)NCc1ccc(Cl)cc1Cl. The summed E-state index contributed by atoms with van der Waals surface area (Å²) >= 11 is 11.9. The summed E-state index contributed by atoms with van der Waals surface area (Å²) < 4.78 is 0. The van der Waals surface area contributed by atoms with Gasteiger partial charge in [-0.3, -0.25) is 0 Å². The quantitative estimate of drug-likeness (QED) is 0.744. The number of hydrogen-bond donors (Lipinski definition) is 2. The molecule has 17 heavy (non-hydrogen) atoms. The molecule has 0 saturated carbocycles. The Kier molecular flexibility index (Phi) is 6.90. The van der Waals surface area contributed by atoms with Crippen LogP contribution < -0.4 is 10.6 Å². The first-order chi connectivity index (χ1) is 8.13. The van der Waals surface area contributed by atoms with E-state index in [2.05, 4.69) is 24.5 Å². The molecule has 0 radical (unpaired) electrons. The third-order valence-corrected chi connectivity index (χ3v) is 3.12. The van der Waals surface area contributed by atoms with E-state index in [0.29, 0.717) is 11.1 Å². The maximum atomic E-state index is 6.10. The largest absolute Gasteiger partial charge is 0.315 e. The van der Waals surface area contributed by atoms with Crippen molar-refractivity contribution < 1.29 is 0 Å². The first-order valence-electron chi connectivity index (χ1n) is 6.01.